The molecule has 2 heterocycles. The fourth-order valence-corrected chi connectivity index (χ4v) is 2.11. The van der Waals surface area contributed by atoms with E-state index < -0.39 is 0 Å². The zero-order chi connectivity index (χ0) is 14.7. The van der Waals surface area contributed by atoms with Crippen LogP contribution in [0.5, 0.6) is 11.6 Å². The third-order valence-corrected chi connectivity index (χ3v) is 3.43. The molecule has 1 aliphatic carbocycles. The molecule has 0 unspecified atom stereocenters. The first-order valence-electron chi connectivity index (χ1n) is 7.43. The van der Waals surface area contributed by atoms with Crippen molar-refractivity contribution in [1.29, 1.82) is 0 Å². The van der Waals surface area contributed by atoms with Gasteiger partial charge in [0.05, 0.1) is 17.6 Å². The van der Waals surface area contributed by atoms with Gasteiger partial charge in [-0.25, -0.2) is 4.98 Å². The highest BCUT2D eigenvalue weighted by Crippen LogP contribution is 2.23. The van der Waals surface area contributed by atoms with Gasteiger partial charge in [0.1, 0.15) is 0 Å². The molecule has 0 aromatic carbocycles. The van der Waals surface area contributed by atoms with Crippen molar-refractivity contribution in [2.75, 3.05) is 0 Å². The molecule has 2 aromatic rings. The number of rotatable bonds is 6. The summed E-state index contributed by atoms with van der Waals surface area (Å²) in [7, 11) is 0. The van der Waals surface area contributed by atoms with Crippen LogP contribution in [0.15, 0.2) is 24.5 Å². The van der Waals surface area contributed by atoms with Crippen LogP contribution < -0.4 is 10.1 Å². The molecule has 0 aliphatic heterocycles. The number of hydrogen-bond acceptors (Lipinski definition) is 5. The van der Waals surface area contributed by atoms with E-state index in [0.717, 1.165) is 35.8 Å². The minimum atomic E-state index is 0.519. The van der Waals surface area contributed by atoms with E-state index in [1.807, 2.05) is 19.1 Å². The molecular weight excluding hydrogens is 264 g/mol. The lowest BCUT2D eigenvalue weighted by atomic mass is 10.2. The average molecular weight is 284 g/mol. The van der Waals surface area contributed by atoms with Crippen LogP contribution in [0, 0.1) is 6.92 Å². The second-order valence-corrected chi connectivity index (χ2v) is 5.36. The lowest BCUT2D eigenvalue weighted by Gasteiger charge is -2.10. The van der Waals surface area contributed by atoms with E-state index in [2.05, 4.69) is 27.2 Å². The van der Waals surface area contributed by atoms with E-state index in [0.29, 0.717) is 11.9 Å². The molecule has 1 fully saturated rings. The Labute approximate surface area is 124 Å². The van der Waals surface area contributed by atoms with Crippen LogP contribution in [-0.4, -0.2) is 21.0 Å². The van der Waals surface area contributed by atoms with E-state index in [-0.39, 0.29) is 0 Å². The lowest BCUT2D eigenvalue weighted by Crippen LogP contribution is -2.16. The quantitative estimate of drug-likeness (QED) is 0.884. The number of hydrogen-bond donors (Lipinski definition) is 1. The second-order valence-electron chi connectivity index (χ2n) is 5.36. The molecule has 1 N–H and O–H groups in total. The van der Waals surface area contributed by atoms with Crippen molar-refractivity contribution in [2.45, 2.75) is 45.7 Å². The second kappa shape index (κ2) is 6.18. The highest BCUT2D eigenvalue weighted by molar-refractivity contribution is 5.32. The lowest BCUT2D eigenvalue weighted by molar-refractivity contribution is 0.447. The molecule has 0 bridgehead atoms. The molecule has 0 spiro atoms. The first-order valence-corrected chi connectivity index (χ1v) is 7.43. The van der Waals surface area contributed by atoms with Gasteiger partial charge in [-0.15, -0.1) is 0 Å². The zero-order valence-electron chi connectivity index (χ0n) is 12.5. The van der Waals surface area contributed by atoms with Crippen LogP contribution >= 0.6 is 0 Å². The fraction of sp³-hybridized carbons (Fsp3) is 0.438. The van der Waals surface area contributed by atoms with Crippen molar-refractivity contribution >= 4 is 0 Å². The molecule has 3 rings (SSSR count). The zero-order valence-corrected chi connectivity index (χ0v) is 12.5. The number of pyridine rings is 1. The van der Waals surface area contributed by atoms with Gasteiger partial charge in [0.15, 0.2) is 5.75 Å². The smallest absolute Gasteiger partial charge is 0.238 e. The Kier molecular flexibility index (Phi) is 4.10. The predicted molar refractivity (Wildman–Crippen MR) is 80.3 cm³/mol. The van der Waals surface area contributed by atoms with Crippen molar-refractivity contribution in [3.63, 3.8) is 0 Å². The van der Waals surface area contributed by atoms with Gasteiger partial charge < -0.3 is 10.1 Å². The summed E-state index contributed by atoms with van der Waals surface area (Å²) in [6, 6.07) is 4.54. The van der Waals surface area contributed by atoms with Crippen LogP contribution in [0.4, 0.5) is 0 Å². The highest BCUT2D eigenvalue weighted by Gasteiger charge is 2.20. The van der Waals surface area contributed by atoms with Gasteiger partial charge in [-0.2, -0.15) is 0 Å². The van der Waals surface area contributed by atoms with Gasteiger partial charge in [-0.3, -0.25) is 9.97 Å². The van der Waals surface area contributed by atoms with Gasteiger partial charge in [-0.05, 0) is 38.3 Å². The van der Waals surface area contributed by atoms with E-state index in [9.17, 15) is 0 Å². The van der Waals surface area contributed by atoms with Gasteiger partial charge in [0, 0.05) is 24.5 Å². The Hall–Kier alpha value is -2.01. The average Bonchev–Trinajstić information content (AvgIpc) is 3.32. The standard InChI is InChI=1S/C16H20N4O/c1-3-14-15(7-4-11(2)19-14)21-16-10-17-8-13(20-16)9-18-12-5-6-12/h4,7-8,10,12,18H,3,5-6,9H2,1-2H3. The number of aromatic nitrogens is 3. The van der Waals surface area contributed by atoms with E-state index >= 15 is 0 Å². The maximum atomic E-state index is 5.85. The Morgan fingerprint density at radius 1 is 1.24 bits per heavy atom. The van der Waals surface area contributed by atoms with Gasteiger partial charge >= 0.3 is 0 Å². The summed E-state index contributed by atoms with van der Waals surface area (Å²) in [6.07, 6.45) is 6.76. The minimum Gasteiger partial charge on any atom is -0.436 e. The SMILES string of the molecule is CCc1nc(C)ccc1Oc1cncc(CNC2CC2)n1. The molecule has 5 heteroatoms. The third-order valence-electron chi connectivity index (χ3n) is 3.43. The summed E-state index contributed by atoms with van der Waals surface area (Å²) in [6.45, 7) is 4.78. The first-order chi connectivity index (χ1) is 10.2. The Bertz CT molecular complexity index is 625. The minimum absolute atomic E-state index is 0.519. The topological polar surface area (TPSA) is 59.9 Å². The monoisotopic (exact) mass is 284 g/mol. The number of aryl methyl sites for hydroxylation is 2. The van der Waals surface area contributed by atoms with Crippen molar-refractivity contribution in [1.82, 2.24) is 20.3 Å². The van der Waals surface area contributed by atoms with Crippen LogP contribution in [0.1, 0.15) is 36.8 Å². The molecule has 21 heavy (non-hydrogen) atoms. The predicted octanol–water partition coefficient (Wildman–Crippen LogP) is 2.79. The normalized spacial score (nSPS) is 14.2. The molecule has 1 saturated carbocycles. The van der Waals surface area contributed by atoms with E-state index in [1.165, 1.54) is 12.8 Å². The molecular formula is C16H20N4O. The summed E-state index contributed by atoms with van der Waals surface area (Å²) in [5.74, 6) is 1.27. The maximum Gasteiger partial charge on any atom is 0.238 e. The van der Waals surface area contributed by atoms with Crippen LogP contribution in [0.3, 0.4) is 0 Å². The molecule has 2 aromatic heterocycles. The van der Waals surface area contributed by atoms with Crippen LogP contribution in [0.2, 0.25) is 0 Å². The summed E-state index contributed by atoms with van der Waals surface area (Å²) in [4.78, 5) is 13.2. The first kappa shape index (κ1) is 13.9. The van der Waals surface area contributed by atoms with Crippen molar-refractivity contribution in [2.24, 2.45) is 0 Å². The van der Waals surface area contributed by atoms with Gasteiger partial charge in [0.2, 0.25) is 5.88 Å². The van der Waals surface area contributed by atoms with Crippen LogP contribution in [0.25, 0.3) is 0 Å². The number of nitrogens with one attached hydrogen (secondary N) is 1. The Balaban J connectivity index is 1.73. The van der Waals surface area contributed by atoms with Crippen LogP contribution in [-0.2, 0) is 13.0 Å². The van der Waals surface area contributed by atoms with Gasteiger partial charge in [0.25, 0.3) is 0 Å². The summed E-state index contributed by atoms with van der Waals surface area (Å²) < 4.78 is 5.85. The molecule has 0 amide bonds. The largest absolute Gasteiger partial charge is 0.436 e. The summed E-state index contributed by atoms with van der Waals surface area (Å²) in [5.41, 5.74) is 2.84. The number of nitrogens with zero attached hydrogens (tertiary/aromatic N) is 3. The van der Waals surface area contributed by atoms with E-state index in [4.69, 9.17) is 4.74 Å². The molecule has 0 atom stereocenters. The molecule has 0 saturated heterocycles. The molecule has 110 valence electrons. The highest BCUT2D eigenvalue weighted by atomic mass is 16.5. The maximum absolute atomic E-state index is 5.85. The summed E-state index contributed by atoms with van der Waals surface area (Å²) in [5, 5.41) is 3.42. The molecule has 5 nitrogen and oxygen atoms in total. The molecule has 0 radical (unpaired) electrons. The van der Waals surface area contributed by atoms with Crippen molar-refractivity contribution in [3.05, 3.63) is 41.6 Å². The van der Waals surface area contributed by atoms with E-state index in [1.54, 1.807) is 12.4 Å². The summed E-state index contributed by atoms with van der Waals surface area (Å²) >= 11 is 0. The molecule has 1 aliphatic rings. The van der Waals surface area contributed by atoms with Crippen molar-refractivity contribution < 1.29 is 4.74 Å². The van der Waals surface area contributed by atoms with Crippen molar-refractivity contribution in [3.8, 4) is 11.6 Å². The Morgan fingerprint density at radius 3 is 2.86 bits per heavy atom. The van der Waals surface area contributed by atoms with Gasteiger partial charge in [-0.1, -0.05) is 6.92 Å². The Morgan fingerprint density at radius 2 is 2.10 bits per heavy atom. The third kappa shape index (κ3) is 3.76. The fourth-order valence-electron chi connectivity index (χ4n) is 2.11. The number of ether oxygens (including phenoxy) is 1.